The van der Waals surface area contributed by atoms with Crippen LogP contribution in [-0.2, 0) is 9.59 Å². The first-order valence-electron chi connectivity index (χ1n) is 6.35. The number of rotatable bonds is 4. The molecule has 5 heteroatoms. The van der Waals surface area contributed by atoms with E-state index in [1.54, 1.807) is 4.90 Å². The molecule has 0 radical (unpaired) electrons. The van der Waals surface area contributed by atoms with Crippen LogP contribution in [0, 0.1) is 0 Å². The molecule has 0 atom stereocenters. The monoisotopic (exact) mass is 242 g/mol. The molecule has 0 aromatic heterocycles. The fourth-order valence-corrected chi connectivity index (χ4v) is 2.03. The number of carbonyl (C=O) groups excluding carboxylic acids is 2. The zero-order valence-electron chi connectivity index (χ0n) is 10.5. The fraction of sp³-hybridized carbons (Fsp3) is 0.833. The van der Waals surface area contributed by atoms with E-state index >= 15 is 0 Å². The molecule has 1 saturated heterocycles. The van der Waals surface area contributed by atoms with Crippen LogP contribution in [0.5, 0.6) is 0 Å². The smallest absolute Gasteiger partial charge is 0.222 e. The van der Waals surface area contributed by atoms with Crippen molar-refractivity contribution in [1.29, 1.82) is 0 Å². The molecule has 0 unspecified atom stereocenters. The average molecular weight is 242 g/mol. The van der Waals surface area contributed by atoms with Crippen LogP contribution in [0.15, 0.2) is 0 Å². The van der Waals surface area contributed by atoms with Gasteiger partial charge < -0.3 is 14.9 Å². The summed E-state index contributed by atoms with van der Waals surface area (Å²) in [7, 11) is 0. The van der Waals surface area contributed by atoms with Crippen molar-refractivity contribution in [3.8, 4) is 0 Å². The van der Waals surface area contributed by atoms with E-state index in [0.29, 0.717) is 32.4 Å². The van der Waals surface area contributed by atoms with Gasteiger partial charge in [-0.05, 0) is 12.8 Å². The number of nitrogens with zero attached hydrogens (tertiary/aromatic N) is 2. The van der Waals surface area contributed by atoms with Crippen molar-refractivity contribution < 1.29 is 14.7 Å². The molecule has 0 aromatic rings. The predicted molar refractivity (Wildman–Crippen MR) is 64.4 cm³/mol. The van der Waals surface area contributed by atoms with Gasteiger partial charge in [-0.1, -0.05) is 6.92 Å². The molecular weight excluding hydrogens is 220 g/mol. The summed E-state index contributed by atoms with van der Waals surface area (Å²) in [5, 5.41) is 8.69. The third kappa shape index (κ3) is 4.34. The van der Waals surface area contributed by atoms with Gasteiger partial charge in [0, 0.05) is 45.6 Å². The summed E-state index contributed by atoms with van der Waals surface area (Å²) in [6.45, 7) is 4.64. The number of aliphatic hydroxyl groups is 1. The van der Waals surface area contributed by atoms with Crippen molar-refractivity contribution in [2.75, 3.05) is 32.8 Å². The summed E-state index contributed by atoms with van der Waals surface area (Å²) >= 11 is 0. The highest BCUT2D eigenvalue weighted by molar-refractivity contribution is 5.77. The first-order chi connectivity index (χ1) is 8.19. The van der Waals surface area contributed by atoms with Gasteiger partial charge in [-0.15, -0.1) is 0 Å². The topological polar surface area (TPSA) is 60.9 Å². The van der Waals surface area contributed by atoms with Crippen LogP contribution in [0.1, 0.15) is 32.6 Å². The van der Waals surface area contributed by atoms with Crippen molar-refractivity contribution in [1.82, 2.24) is 9.80 Å². The molecule has 0 saturated carbocycles. The van der Waals surface area contributed by atoms with Gasteiger partial charge >= 0.3 is 0 Å². The zero-order valence-corrected chi connectivity index (χ0v) is 10.5. The van der Waals surface area contributed by atoms with E-state index in [1.165, 1.54) is 0 Å². The molecule has 2 amide bonds. The Hall–Kier alpha value is -1.10. The number of amides is 2. The number of hydrogen-bond acceptors (Lipinski definition) is 3. The minimum Gasteiger partial charge on any atom is -0.396 e. The summed E-state index contributed by atoms with van der Waals surface area (Å²) in [6, 6.07) is 0. The highest BCUT2D eigenvalue weighted by atomic mass is 16.3. The third-order valence-electron chi connectivity index (χ3n) is 3.05. The lowest BCUT2D eigenvalue weighted by Gasteiger charge is -2.21. The lowest BCUT2D eigenvalue weighted by Crippen LogP contribution is -2.37. The highest BCUT2D eigenvalue weighted by Gasteiger charge is 2.20. The molecule has 1 N–H and O–H groups in total. The van der Waals surface area contributed by atoms with Crippen LogP contribution in [-0.4, -0.2) is 59.5 Å². The molecular formula is C12H22N2O3. The SMILES string of the molecule is CCC(=O)N1CCCN(C(=O)CCCO)CC1. The molecule has 1 aliphatic rings. The van der Waals surface area contributed by atoms with Gasteiger partial charge in [0.25, 0.3) is 0 Å². The predicted octanol–water partition coefficient (Wildman–Crippen LogP) is 0.230. The first kappa shape index (κ1) is 14.0. The Morgan fingerprint density at radius 2 is 1.65 bits per heavy atom. The second-order valence-corrected chi connectivity index (χ2v) is 4.30. The van der Waals surface area contributed by atoms with Gasteiger partial charge in [0.15, 0.2) is 0 Å². The highest BCUT2D eigenvalue weighted by Crippen LogP contribution is 2.07. The van der Waals surface area contributed by atoms with Crippen LogP contribution in [0.2, 0.25) is 0 Å². The second kappa shape index (κ2) is 7.27. The largest absolute Gasteiger partial charge is 0.396 e. The van der Waals surface area contributed by atoms with E-state index in [1.807, 2.05) is 11.8 Å². The van der Waals surface area contributed by atoms with E-state index in [-0.39, 0.29) is 18.4 Å². The maximum Gasteiger partial charge on any atom is 0.222 e. The van der Waals surface area contributed by atoms with Crippen molar-refractivity contribution in [2.45, 2.75) is 32.6 Å². The molecule has 0 aliphatic carbocycles. The normalized spacial score (nSPS) is 16.8. The molecule has 1 rings (SSSR count). The summed E-state index contributed by atoms with van der Waals surface area (Å²) < 4.78 is 0. The molecule has 0 aromatic carbocycles. The van der Waals surface area contributed by atoms with Crippen LogP contribution in [0.25, 0.3) is 0 Å². The average Bonchev–Trinajstić information content (AvgIpc) is 2.60. The Balaban J connectivity index is 2.41. The van der Waals surface area contributed by atoms with E-state index < -0.39 is 0 Å². The van der Waals surface area contributed by atoms with Crippen molar-refractivity contribution >= 4 is 11.8 Å². The van der Waals surface area contributed by atoms with Crippen LogP contribution < -0.4 is 0 Å². The fourth-order valence-electron chi connectivity index (χ4n) is 2.03. The summed E-state index contributed by atoms with van der Waals surface area (Å²) in [5.41, 5.74) is 0. The molecule has 1 heterocycles. The van der Waals surface area contributed by atoms with Gasteiger partial charge in [-0.2, -0.15) is 0 Å². The van der Waals surface area contributed by atoms with Crippen molar-refractivity contribution in [2.24, 2.45) is 0 Å². The lowest BCUT2D eigenvalue weighted by atomic mass is 10.2. The third-order valence-corrected chi connectivity index (χ3v) is 3.05. The van der Waals surface area contributed by atoms with Crippen LogP contribution in [0.3, 0.4) is 0 Å². The van der Waals surface area contributed by atoms with E-state index in [4.69, 9.17) is 5.11 Å². The quantitative estimate of drug-likeness (QED) is 0.767. The van der Waals surface area contributed by atoms with Crippen molar-refractivity contribution in [3.63, 3.8) is 0 Å². The van der Waals surface area contributed by atoms with Crippen LogP contribution >= 0.6 is 0 Å². The first-order valence-corrected chi connectivity index (χ1v) is 6.35. The standard InChI is InChI=1S/C12H22N2O3/c1-2-11(16)13-6-4-7-14(9-8-13)12(17)5-3-10-15/h15H,2-10H2,1H3. The maximum absolute atomic E-state index is 11.8. The minimum absolute atomic E-state index is 0.0556. The Kier molecular flexibility index (Phi) is 5.97. The summed E-state index contributed by atoms with van der Waals surface area (Å²) in [6.07, 6.45) is 2.29. The Morgan fingerprint density at radius 1 is 1.06 bits per heavy atom. The minimum atomic E-state index is 0.0556. The molecule has 0 bridgehead atoms. The maximum atomic E-state index is 11.8. The zero-order chi connectivity index (χ0) is 12.7. The van der Waals surface area contributed by atoms with E-state index in [0.717, 1.165) is 19.5 Å². The Bertz CT molecular complexity index is 268. The second-order valence-electron chi connectivity index (χ2n) is 4.30. The van der Waals surface area contributed by atoms with Crippen molar-refractivity contribution in [3.05, 3.63) is 0 Å². The summed E-state index contributed by atoms with van der Waals surface area (Å²) in [4.78, 5) is 27.0. The van der Waals surface area contributed by atoms with Gasteiger partial charge in [0.2, 0.25) is 11.8 Å². The van der Waals surface area contributed by atoms with Gasteiger partial charge in [0.05, 0.1) is 0 Å². The molecule has 1 aliphatic heterocycles. The molecule has 1 fully saturated rings. The van der Waals surface area contributed by atoms with Gasteiger partial charge in [0.1, 0.15) is 0 Å². The molecule has 0 spiro atoms. The molecule has 5 nitrogen and oxygen atoms in total. The van der Waals surface area contributed by atoms with Crippen LogP contribution in [0.4, 0.5) is 0 Å². The number of aliphatic hydroxyl groups excluding tert-OH is 1. The molecule has 17 heavy (non-hydrogen) atoms. The van der Waals surface area contributed by atoms with Gasteiger partial charge in [-0.25, -0.2) is 0 Å². The number of hydrogen-bond donors (Lipinski definition) is 1. The lowest BCUT2D eigenvalue weighted by molar-refractivity contribution is -0.133. The summed E-state index contributed by atoms with van der Waals surface area (Å²) in [5.74, 6) is 0.250. The molecule has 98 valence electrons. The Labute approximate surface area is 102 Å². The Morgan fingerprint density at radius 3 is 2.18 bits per heavy atom. The van der Waals surface area contributed by atoms with E-state index in [2.05, 4.69) is 0 Å². The van der Waals surface area contributed by atoms with Gasteiger partial charge in [-0.3, -0.25) is 9.59 Å². The number of carbonyl (C=O) groups is 2. The van der Waals surface area contributed by atoms with E-state index in [9.17, 15) is 9.59 Å².